The fraction of sp³-hybridized carbons (Fsp3) is 0.800. The summed E-state index contributed by atoms with van der Waals surface area (Å²) in [5.41, 5.74) is 0. The van der Waals surface area contributed by atoms with E-state index >= 15 is 0 Å². The monoisotopic (exact) mass is 247 g/mol. The smallest absolute Gasteiger partial charge is 0.326 e. The molecule has 1 heterocycles. The molecule has 2 unspecified atom stereocenters. The number of ether oxygens (including phenoxy) is 1. The summed E-state index contributed by atoms with van der Waals surface area (Å²) >= 11 is 3.98. The van der Waals surface area contributed by atoms with Crippen molar-refractivity contribution in [3.63, 3.8) is 0 Å². The lowest BCUT2D eigenvalue weighted by atomic mass is 9.99. The zero-order valence-electron chi connectivity index (χ0n) is 9.26. The molecule has 2 atom stereocenters. The quantitative estimate of drug-likeness (QED) is 0.706. The van der Waals surface area contributed by atoms with Crippen molar-refractivity contribution in [1.82, 2.24) is 4.90 Å². The Kier molecular flexibility index (Phi) is 5.08. The molecule has 0 saturated carbocycles. The van der Waals surface area contributed by atoms with Gasteiger partial charge in [0, 0.05) is 20.1 Å². The Hall–Kier alpha value is -0.750. The van der Waals surface area contributed by atoms with Crippen LogP contribution in [0.1, 0.15) is 19.3 Å². The topological polar surface area (TPSA) is 66.8 Å². The van der Waals surface area contributed by atoms with Gasteiger partial charge in [-0.3, -0.25) is 4.79 Å². The van der Waals surface area contributed by atoms with Crippen molar-refractivity contribution in [2.75, 3.05) is 19.4 Å². The molecule has 1 rings (SSSR count). The highest BCUT2D eigenvalue weighted by molar-refractivity contribution is 7.80. The molecule has 0 bridgehead atoms. The molecule has 1 aliphatic rings. The molecule has 5 nitrogen and oxygen atoms in total. The average molecular weight is 247 g/mol. The predicted octanol–water partition coefficient (Wildman–Crippen LogP) is 0.397. The largest absolute Gasteiger partial charge is 0.480 e. The molecule has 0 aromatic heterocycles. The van der Waals surface area contributed by atoms with Crippen molar-refractivity contribution in [3.8, 4) is 0 Å². The van der Waals surface area contributed by atoms with Gasteiger partial charge in [-0.25, -0.2) is 4.79 Å². The number of piperidine rings is 1. The molecule has 0 aromatic carbocycles. The lowest BCUT2D eigenvalue weighted by molar-refractivity contribution is -0.155. The Morgan fingerprint density at radius 3 is 2.69 bits per heavy atom. The zero-order chi connectivity index (χ0) is 12.1. The molecule has 0 spiro atoms. The van der Waals surface area contributed by atoms with Crippen LogP contribution in [0.3, 0.4) is 0 Å². The summed E-state index contributed by atoms with van der Waals surface area (Å²) in [4.78, 5) is 24.1. The predicted molar refractivity (Wildman–Crippen MR) is 61.6 cm³/mol. The first-order valence-electron chi connectivity index (χ1n) is 5.26. The van der Waals surface area contributed by atoms with Gasteiger partial charge in [-0.1, -0.05) is 0 Å². The summed E-state index contributed by atoms with van der Waals surface area (Å²) in [5.74, 6) is -0.675. The Labute approximate surface area is 100 Å². The Morgan fingerprint density at radius 1 is 1.50 bits per heavy atom. The number of methoxy groups -OCH3 is 1. The van der Waals surface area contributed by atoms with Gasteiger partial charge < -0.3 is 14.7 Å². The fourth-order valence-corrected chi connectivity index (χ4v) is 2.09. The number of rotatable bonds is 4. The van der Waals surface area contributed by atoms with E-state index in [1.165, 1.54) is 4.90 Å². The number of carbonyl (C=O) groups excluding carboxylic acids is 1. The van der Waals surface area contributed by atoms with Crippen LogP contribution in [0.2, 0.25) is 0 Å². The van der Waals surface area contributed by atoms with E-state index in [9.17, 15) is 9.59 Å². The van der Waals surface area contributed by atoms with E-state index in [1.807, 2.05) is 0 Å². The first-order valence-corrected chi connectivity index (χ1v) is 5.89. The second-order valence-electron chi connectivity index (χ2n) is 3.81. The van der Waals surface area contributed by atoms with E-state index in [0.717, 1.165) is 0 Å². The van der Waals surface area contributed by atoms with Crippen molar-refractivity contribution in [1.29, 1.82) is 0 Å². The molecule has 0 aromatic rings. The minimum absolute atomic E-state index is 0.0560. The molecule has 1 N–H and O–H groups in total. The molecule has 1 aliphatic heterocycles. The third kappa shape index (κ3) is 3.12. The van der Waals surface area contributed by atoms with Gasteiger partial charge in [0.15, 0.2) is 0 Å². The van der Waals surface area contributed by atoms with Gasteiger partial charge in [0.2, 0.25) is 5.91 Å². The molecule has 16 heavy (non-hydrogen) atoms. The van der Waals surface area contributed by atoms with Gasteiger partial charge >= 0.3 is 5.97 Å². The van der Waals surface area contributed by atoms with Gasteiger partial charge in [0.1, 0.15) is 6.04 Å². The number of aliphatic carboxylic acids is 1. The number of amides is 1. The summed E-state index contributed by atoms with van der Waals surface area (Å²) in [7, 11) is 1.58. The highest BCUT2D eigenvalue weighted by Gasteiger charge is 2.35. The second kappa shape index (κ2) is 6.10. The second-order valence-corrected chi connectivity index (χ2v) is 4.26. The van der Waals surface area contributed by atoms with E-state index < -0.39 is 12.0 Å². The summed E-state index contributed by atoms with van der Waals surface area (Å²) < 4.78 is 5.17. The third-order valence-corrected chi connectivity index (χ3v) is 3.03. The number of carboxylic acids is 1. The van der Waals surface area contributed by atoms with Gasteiger partial charge in [0.25, 0.3) is 0 Å². The first-order chi connectivity index (χ1) is 7.60. The number of hydrogen-bond acceptors (Lipinski definition) is 4. The first kappa shape index (κ1) is 13.3. The van der Waals surface area contributed by atoms with Crippen LogP contribution in [0, 0.1) is 0 Å². The van der Waals surface area contributed by atoms with Crippen LogP contribution in [0.5, 0.6) is 0 Å². The van der Waals surface area contributed by atoms with Crippen molar-refractivity contribution < 1.29 is 19.4 Å². The maximum atomic E-state index is 11.7. The van der Waals surface area contributed by atoms with Gasteiger partial charge in [-0.05, 0) is 18.6 Å². The van der Waals surface area contributed by atoms with Gasteiger partial charge in [0.05, 0.1) is 6.10 Å². The van der Waals surface area contributed by atoms with E-state index in [2.05, 4.69) is 12.6 Å². The van der Waals surface area contributed by atoms with E-state index in [0.29, 0.717) is 25.1 Å². The molecular weight excluding hydrogens is 230 g/mol. The number of thiol groups is 1. The fourth-order valence-electron chi connectivity index (χ4n) is 1.90. The number of nitrogens with zero attached hydrogens (tertiary/aromatic N) is 1. The van der Waals surface area contributed by atoms with Crippen LogP contribution in [0.4, 0.5) is 0 Å². The van der Waals surface area contributed by atoms with E-state index in [-0.39, 0.29) is 18.4 Å². The number of carbonyl (C=O) groups is 2. The van der Waals surface area contributed by atoms with Gasteiger partial charge in [-0.15, -0.1) is 0 Å². The zero-order valence-corrected chi connectivity index (χ0v) is 10.2. The Bertz CT molecular complexity index is 272. The van der Waals surface area contributed by atoms with Crippen LogP contribution in [0.15, 0.2) is 0 Å². The lowest BCUT2D eigenvalue weighted by Crippen LogP contribution is -2.52. The average Bonchev–Trinajstić information content (AvgIpc) is 2.28. The van der Waals surface area contributed by atoms with E-state index in [4.69, 9.17) is 9.84 Å². The maximum Gasteiger partial charge on any atom is 0.326 e. The van der Waals surface area contributed by atoms with Crippen LogP contribution in [-0.4, -0.2) is 53.4 Å². The van der Waals surface area contributed by atoms with Crippen LogP contribution >= 0.6 is 12.6 Å². The molecule has 0 aliphatic carbocycles. The SMILES string of the molecule is COC1CCC(C(=O)O)N(C(=O)CCS)C1. The summed E-state index contributed by atoms with van der Waals surface area (Å²) in [6.45, 7) is 0.361. The molecular formula is C10H17NO4S. The number of likely N-dealkylation sites (tertiary alicyclic amines) is 1. The Morgan fingerprint density at radius 2 is 2.19 bits per heavy atom. The normalized spacial score (nSPS) is 25.5. The van der Waals surface area contributed by atoms with Crippen molar-refractivity contribution in [3.05, 3.63) is 0 Å². The molecule has 1 amide bonds. The van der Waals surface area contributed by atoms with Crippen LogP contribution in [-0.2, 0) is 14.3 Å². The van der Waals surface area contributed by atoms with Crippen LogP contribution < -0.4 is 0 Å². The molecule has 6 heteroatoms. The van der Waals surface area contributed by atoms with Gasteiger partial charge in [-0.2, -0.15) is 12.6 Å². The molecule has 1 fully saturated rings. The lowest BCUT2D eigenvalue weighted by Gasteiger charge is -2.36. The molecule has 0 radical (unpaired) electrons. The minimum atomic E-state index is -0.943. The molecule has 92 valence electrons. The highest BCUT2D eigenvalue weighted by Crippen LogP contribution is 2.20. The Balaban J connectivity index is 2.71. The van der Waals surface area contributed by atoms with Crippen molar-refractivity contribution in [2.45, 2.75) is 31.4 Å². The maximum absolute atomic E-state index is 11.7. The summed E-state index contributed by atoms with van der Waals surface area (Å²) in [6.07, 6.45) is 1.34. The number of hydrogen-bond donors (Lipinski definition) is 2. The van der Waals surface area contributed by atoms with Crippen LogP contribution in [0.25, 0.3) is 0 Å². The van der Waals surface area contributed by atoms with Crippen molar-refractivity contribution >= 4 is 24.5 Å². The van der Waals surface area contributed by atoms with Crippen molar-refractivity contribution in [2.24, 2.45) is 0 Å². The highest BCUT2D eigenvalue weighted by atomic mass is 32.1. The summed E-state index contributed by atoms with van der Waals surface area (Å²) in [6, 6.07) is -0.709. The minimum Gasteiger partial charge on any atom is -0.480 e. The third-order valence-electron chi connectivity index (χ3n) is 2.80. The number of carboxylic acid groups (broad SMARTS) is 1. The summed E-state index contributed by atoms with van der Waals surface area (Å²) in [5, 5.41) is 9.03. The molecule has 1 saturated heterocycles. The van der Waals surface area contributed by atoms with E-state index in [1.54, 1.807) is 7.11 Å². The standard InChI is InChI=1S/C10H17NO4S/c1-15-7-2-3-8(10(13)14)11(6-7)9(12)4-5-16/h7-8,16H,2-6H2,1H3,(H,13,14).